The monoisotopic (exact) mass is 254 g/mol. The van der Waals surface area contributed by atoms with Gasteiger partial charge in [0.15, 0.2) is 5.78 Å². The molecule has 4 heteroatoms. The standard InChI is InChI=1S/C15H14N2O2/c1-17-14-7-4-11(15(19)13(14)9-16-17)8-10-2-5-12(18)6-3-10/h2-3,5-6,8-9,18H,4,7H2,1H3. The highest BCUT2D eigenvalue weighted by Gasteiger charge is 2.24. The highest BCUT2D eigenvalue weighted by atomic mass is 16.3. The Kier molecular flexibility index (Phi) is 2.71. The van der Waals surface area contributed by atoms with Crippen LogP contribution >= 0.6 is 0 Å². The van der Waals surface area contributed by atoms with Crippen LogP contribution in [0, 0.1) is 0 Å². The number of fused-ring (bicyclic) bond motifs is 1. The van der Waals surface area contributed by atoms with Gasteiger partial charge >= 0.3 is 0 Å². The van der Waals surface area contributed by atoms with Gasteiger partial charge in [-0.1, -0.05) is 12.1 Å². The number of nitrogens with zero attached hydrogens (tertiary/aromatic N) is 2. The highest BCUT2D eigenvalue weighted by Crippen LogP contribution is 2.26. The zero-order valence-electron chi connectivity index (χ0n) is 10.6. The van der Waals surface area contributed by atoms with Gasteiger partial charge < -0.3 is 5.11 Å². The largest absolute Gasteiger partial charge is 0.508 e. The summed E-state index contributed by atoms with van der Waals surface area (Å²) in [6.07, 6.45) is 5.09. The van der Waals surface area contributed by atoms with Crippen molar-refractivity contribution in [2.75, 3.05) is 0 Å². The Morgan fingerprint density at radius 1 is 1.26 bits per heavy atom. The summed E-state index contributed by atoms with van der Waals surface area (Å²) < 4.78 is 1.77. The van der Waals surface area contributed by atoms with Gasteiger partial charge in [0, 0.05) is 18.3 Å². The number of Topliss-reactive ketones (excluding diaryl/α,β-unsaturated/α-hetero) is 1. The number of carbonyl (C=O) groups is 1. The van der Waals surface area contributed by atoms with Gasteiger partial charge in [-0.25, -0.2) is 0 Å². The number of hydrogen-bond donors (Lipinski definition) is 1. The molecular formula is C15H14N2O2. The molecule has 1 aromatic heterocycles. The average molecular weight is 254 g/mol. The first-order valence-corrected chi connectivity index (χ1v) is 6.20. The molecule has 0 unspecified atom stereocenters. The van der Waals surface area contributed by atoms with Crippen molar-refractivity contribution in [3.05, 3.63) is 52.9 Å². The molecule has 1 heterocycles. The Hall–Kier alpha value is -2.36. The van der Waals surface area contributed by atoms with Crippen molar-refractivity contribution in [1.82, 2.24) is 9.78 Å². The molecule has 4 nitrogen and oxygen atoms in total. The van der Waals surface area contributed by atoms with Gasteiger partial charge in [-0.15, -0.1) is 0 Å². The van der Waals surface area contributed by atoms with Crippen LogP contribution < -0.4 is 0 Å². The Labute approximate surface area is 111 Å². The summed E-state index contributed by atoms with van der Waals surface area (Å²) in [5, 5.41) is 13.4. The minimum atomic E-state index is 0.0578. The van der Waals surface area contributed by atoms with Gasteiger partial charge in [-0.05, 0) is 36.6 Å². The van der Waals surface area contributed by atoms with Crippen molar-refractivity contribution in [2.24, 2.45) is 7.05 Å². The van der Waals surface area contributed by atoms with Gasteiger partial charge in [0.25, 0.3) is 0 Å². The topological polar surface area (TPSA) is 55.1 Å². The fourth-order valence-electron chi connectivity index (χ4n) is 2.40. The third kappa shape index (κ3) is 2.05. The summed E-state index contributed by atoms with van der Waals surface area (Å²) in [6.45, 7) is 0. The van der Waals surface area contributed by atoms with Crippen LogP contribution in [0.15, 0.2) is 36.0 Å². The predicted octanol–water partition coefficient (Wildman–Crippen LogP) is 2.34. The molecule has 0 bridgehead atoms. The molecule has 1 aliphatic carbocycles. The Morgan fingerprint density at radius 2 is 2.00 bits per heavy atom. The van der Waals surface area contributed by atoms with Crippen LogP contribution in [-0.2, 0) is 13.5 Å². The van der Waals surface area contributed by atoms with Crippen LogP contribution in [0.25, 0.3) is 6.08 Å². The molecule has 2 aromatic rings. The van der Waals surface area contributed by atoms with E-state index in [-0.39, 0.29) is 11.5 Å². The first kappa shape index (κ1) is 11.7. The highest BCUT2D eigenvalue weighted by molar-refractivity contribution is 6.12. The van der Waals surface area contributed by atoms with E-state index in [4.69, 9.17) is 0 Å². The minimum absolute atomic E-state index is 0.0578. The second-order valence-electron chi connectivity index (χ2n) is 4.72. The molecule has 96 valence electrons. The van der Waals surface area contributed by atoms with Gasteiger partial charge in [0.1, 0.15) is 5.75 Å². The summed E-state index contributed by atoms with van der Waals surface area (Å²) in [5.74, 6) is 0.286. The average Bonchev–Trinajstić information content (AvgIpc) is 2.78. The molecular weight excluding hydrogens is 240 g/mol. The van der Waals surface area contributed by atoms with E-state index < -0.39 is 0 Å². The number of aryl methyl sites for hydroxylation is 1. The van der Waals surface area contributed by atoms with Crippen LogP contribution in [-0.4, -0.2) is 20.7 Å². The van der Waals surface area contributed by atoms with E-state index in [2.05, 4.69) is 5.10 Å². The van der Waals surface area contributed by atoms with Crippen molar-refractivity contribution >= 4 is 11.9 Å². The molecule has 1 aromatic carbocycles. The SMILES string of the molecule is Cn1ncc2c1CCC(=Cc1ccc(O)cc1)C2=O. The van der Waals surface area contributed by atoms with E-state index in [1.165, 1.54) is 0 Å². The maximum Gasteiger partial charge on any atom is 0.192 e. The van der Waals surface area contributed by atoms with Gasteiger partial charge in [0.2, 0.25) is 0 Å². The Bertz CT molecular complexity index is 666. The number of aromatic nitrogens is 2. The lowest BCUT2D eigenvalue weighted by atomic mass is 9.90. The van der Waals surface area contributed by atoms with Gasteiger partial charge in [-0.3, -0.25) is 9.48 Å². The van der Waals surface area contributed by atoms with Crippen molar-refractivity contribution < 1.29 is 9.90 Å². The fraction of sp³-hybridized carbons (Fsp3) is 0.200. The summed E-state index contributed by atoms with van der Waals surface area (Å²) in [4.78, 5) is 12.3. The molecule has 0 atom stereocenters. The number of rotatable bonds is 1. The Balaban J connectivity index is 1.95. The van der Waals surface area contributed by atoms with Crippen LogP contribution in [0.4, 0.5) is 0 Å². The second kappa shape index (κ2) is 4.39. The molecule has 0 spiro atoms. The molecule has 0 aliphatic heterocycles. The molecule has 0 fully saturated rings. The lowest BCUT2D eigenvalue weighted by Crippen LogP contribution is -2.14. The molecule has 19 heavy (non-hydrogen) atoms. The third-order valence-electron chi connectivity index (χ3n) is 3.46. The quantitative estimate of drug-likeness (QED) is 0.795. The number of hydrogen-bond acceptors (Lipinski definition) is 3. The fourth-order valence-corrected chi connectivity index (χ4v) is 2.40. The van der Waals surface area contributed by atoms with Crippen LogP contribution in [0.1, 0.15) is 28.0 Å². The molecule has 3 rings (SSSR count). The lowest BCUT2D eigenvalue weighted by Gasteiger charge is -2.14. The summed E-state index contributed by atoms with van der Waals surface area (Å²) >= 11 is 0. The normalized spacial score (nSPS) is 16.7. The number of phenolic OH excluding ortho intramolecular Hbond substituents is 1. The van der Waals surface area contributed by atoms with E-state index in [9.17, 15) is 9.90 Å². The summed E-state index contributed by atoms with van der Waals surface area (Å²) in [6, 6.07) is 6.84. The Morgan fingerprint density at radius 3 is 2.74 bits per heavy atom. The predicted molar refractivity (Wildman–Crippen MR) is 71.9 cm³/mol. The third-order valence-corrected chi connectivity index (χ3v) is 3.46. The van der Waals surface area contributed by atoms with Crippen molar-refractivity contribution in [3.8, 4) is 5.75 Å². The van der Waals surface area contributed by atoms with Gasteiger partial charge in [0.05, 0.1) is 11.8 Å². The van der Waals surface area contributed by atoms with Crippen molar-refractivity contribution in [1.29, 1.82) is 0 Å². The van der Waals surface area contributed by atoms with Crippen molar-refractivity contribution in [2.45, 2.75) is 12.8 Å². The molecule has 0 radical (unpaired) electrons. The molecule has 0 amide bonds. The van der Waals surface area contributed by atoms with E-state index in [0.717, 1.165) is 29.7 Å². The summed E-state index contributed by atoms with van der Waals surface area (Å²) in [5.41, 5.74) is 3.44. The molecule has 0 saturated heterocycles. The van der Waals surface area contributed by atoms with Crippen LogP contribution in [0.2, 0.25) is 0 Å². The molecule has 1 N–H and O–H groups in total. The first-order chi connectivity index (χ1) is 9.15. The maximum absolute atomic E-state index is 12.3. The number of benzene rings is 1. The zero-order chi connectivity index (χ0) is 13.4. The smallest absolute Gasteiger partial charge is 0.192 e. The second-order valence-corrected chi connectivity index (χ2v) is 4.72. The number of ketones is 1. The zero-order valence-corrected chi connectivity index (χ0v) is 10.6. The van der Waals surface area contributed by atoms with Crippen LogP contribution in [0.5, 0.6) is 5.75 Å². The van der Waals surface area contributed by atoms with Gasteiger partial charge in [-0.2, -0.15) is 5.10 Å². The molecule has 0 saturated carbocycles. The van der Waals surface area contributed by atoms with E-state index >= 15 is 0 Å². The number of allylic oxidation sites excluding steroid dienone is 1. The lowest BCUT2D eigenvalue weighted by molar-refractivity contribution is 0.102. The number of phenols is 1. The van der Waals surface area contributed by atoms with E-state index in [0.29, 0.717) is 5.56 Å². The number of carbonyl (C=O) groups excluding carboxylic acids is 1. The maximum atomic E-state index is 12.3. The first-order valence-electron chi connectivity index (χ1n) is 6.20. The molecule has 1 aliphatic rings. The van der Waals surface area contributed by atoms with Crippen LogP contribution in [0.3, 0.4) is 0 Å². The number of aromatic hydroxyl groups is 1. The van der Waals surface area contributed by atoms with E-state index in [1.807, 2.05) is 13.1 Å². The minimum Gasteiger partial charge on any atom is -0.508 e. The summed E-state index contributed by atoms with van der Waals surface area (Å²) in [7, 11) is 1.86. The van der Waals surface area contributed by atoms with Crippen molar-refractivity contribution in [3.63, 3.8) is 0 Å². The van der Waals surface area contributed by atoms with E-state index in [1.54, 1.807) is 35.1 Å².